The Morgan fingerprint density at radius 1 is 0.904 bits per heavy atom. The van der Waals surface area contributed by atoms with Crippen LogP contribution in [0.25, 0.3) is 0 Å². The number of carbonyl (C=O) groups excluding carboxylic acids is 3. The van der Waals surface area contributed by atoms with Crippen molar-refractivity contribution in [3.8, 4) is 0 Å². The van der Waals surface area contributed by atoms with Crippen LogP contribution >= 0.6 is 0 Å². The van der Waals surface area contributed by atoms with E-state index in [0.29, 0.717) is 75.7 Å². The zero-order valence-corrected chi connectivity index (χ0v) is 29.8. The zero-order valence-electron chi connectivity index (χ0n) is 28.9. The lowest BCUT2D eigenvalue weighted by atomic mass is 9.79. The maximum absolute atomic E-state index is 14.4. The van der Waals surface area contributed by atoms with Crippen LogP contribution in [0.15, 0.2) is 76.0 Å². The van der Waals surface area contributed by atoms with E-state index in [1.54, 1.807) is 26.0 Å². The molecule has 2 fully saturated rings. The number of carbonyl (C=O) groups is 3. The van der Waals surface area contributed by atoms with Crippen LogP contribution in [0.4, 0.5) is 5.69 Å². The van der Waals surface area contributed by atoms with Gasteiger partial charge in [0.25, 0.3) is 21.6 Å². The van der Waals surface area contributed by atoms with Crippen molar-refractivity contribution < 1.29 is 46.7 Å². The lowest BCUT2D eigenvalue weighted by molar-refractivity contribution is -0.385. The molecule has 4 aliphatic rings. The number of hydrogen-bond acceptors (Lipinski definition) is 14. The van der Waals surface area contributed by atoms with E-state index in [-0.39, 0.29) is 38.6 Å². The highest BCUT2D eigenvalue weighted by Crippen LogP contribution is 2.43. The molecule has 1 N–H and O–H groups in total. The number of fused-ring (bicyclic) bond motifs is 1. The largest absolute Gasteiger partial charge is 0.460 e. The van der Waals surface area contributed by atoms with E-state index in [1.165, 1.54) is 36.4 Å². The molecule has 0 saturated carbocycles. The van der Waals surface area contributed by atoms with Gasteiger partial charge < -0.3 is 24.3 Å². The van der Waals surface area contributed by atoms with Gasteiger partial charge in [-0.3, -0.25) is 24.7 Å². The van der Waals surface area contributed by atoms with Crippen LogP contribution in [0.3, 0.4) is 0 Å². The van der Waals surface area contributed by atoms with Gasteiger partial charge in [0.1, 0.15) is 17.6 Å². The van der Waals surface area contributed by atoms with Crippen molar-refractivity contribution in [2.24, 2.45) is 0 Å². The fourth-order valence-corrected chi connectivity index (χ4v) is 8.54. The normalized spacial score (nSPS) is 20.9. The van der Waals surface area contributed by atoms with Crippen LogP contribution in [0.1, 0.15) is 35.7 Å². The molecule has 17 heteroatoms. The molecule has 2 aromatic rings. The van der Waals surface area contributed by atoms with Crippen molar-refractivity contribution in [1.82, 2.24) is 19.4 Å². The van der Waals surface area contributed by atoms with Gasteiger partial charge in [-0.25, -0.2) is 22.3 Å². The number of nitro benzene ring substituents is 1. The topological polar surface area (TPSA) is 187 Å². The fourth-order valence-electron chi connectivity index (χ4n) is 6.99. The number of allylic oxidation sites excluding steroid dienone is 2. The molecule has 2 aromatic carbocycles. The minimum Gasteiger partial charge on any atom is -0.460 e. The summed E-state index contributed by atoms with van der Waals surface area (Å²) in [4.78, 5) is 57.2. The molecule has 0 aliphatic carbocycles. The first-order chi connectivity index (χ1) is 25.0. The van der Waals surface area contributed by atoms with Crippen LogP contribution in [-0.2, 0) is 38.6 Å². The van der Waals surface area contributed by atoms with E-state index >= 15 is 0 Å². The Balaban J connectivity index is 1.28. The summed E-state index contributed by atoms with van der Waals surface area (Å²) < 4.78 is 49.6. The average Bonchev–Trinajstić information content (AvgIpc) is 3.32. The van der Waals surface area contributed by atoms with Crippen molar-refractivity contribution in [2.45, 2.75) is 30.8 Å². The van der Waals surface area contributed by atoms with Crippen molar-refractivity contribution in [1.29, 1.82) is 0 Å². The molecule has 4 aliphatic heterocycles. The van der Waals surface area contributed by atoms with E-state index in [9.17, 15) is 32.9 Å². The number of benzene rings is 2. The zero-order chi connectivity index (χ0) is 37.0. The first-order valence-corrected chi connectivity index (χ1v) is 18.5. The standard InChI is InChI=1S/C35H41N5O11S/c1-23-30(34(42)50-20-15-39-33(41)27-8-4-6-10-29(27)52(39,46)47)32(26-7-3-5-9-28(26)40(44)45)31(24(2)36-23)35(43)51-25(21-37-11-16-48-17-12-37)22-38-13-18-49-19-14-38/h3-10,25,32,36H,11-22H2,1-2H3. The number of dihydropyridines is 1. The molecule has 0 spiro atoms. The minimum absolute atomic E-state index is 0.00597. The Hall–Kier alpha value is -4.68. The quantitative estimate of drug-likeness (QED) is 0.189. The van der Waals surface area contributed by atoms with Crippen LogP contribution in [0, 0.1) is 10.1 Å². The Bertz CT molecular complexity index is 1880. The van der Waals surface area contributed by atoms with Crippen LogP contribution in [0.2, 0.25) is 0 Å². The maximum atomic E-state index is 14.4. The lowest BCUT2D eigenvalue weighted by Crippen LogP contribution is -2.48. The molecule has 1 unspecified atom stereocenters. The van der Waals surface area contributed by atoms with Crippen molar-refractivity contribution in [3.05, 3.63) is 92.3 Å². The van der Waals surface area contributed by atoms with Gasteiger partial charge in [-0.2, -0.15) is 0 Å². The summed E-state index contributed by atoms with van der Waals surface area (Å²) in [7, 11) is -4.15. The number of morpholine rings is 2. The van der Waals surface area contributed by atoms with E-state index in [2.05, 4.69) is 15.1 Å². The highest BCUT2D eigenvalue weighted by atomic mass is 32.2. The van der Waals surface area contributed by atoms with E-state index in [0.717, 1.165) is 0 Å². The van der Waals surface area contributed by atoms with Gasteiger partial charge in [-0.15, -0.1) is 0 Å². The number of esters is 2. The molecule has 278 valence electrons. The van der Waals surface area contributed by atoms with Gasteiger partial charge in [0.05, 0.1) is 60.5 Å². The number of nitrogens with one attached hydrogen (secondary N) is 1. The Kier molecular flexibility index (Phi) is 11.4. The summed E-state index contributed by atoms with van der Waals surface area (Å²) in [6, 6.07) is 11.6. The van der Waals surface area contributed by atoms with Gasteiger partial charge in [0, 0.05) is 62.3 Å². The van der Waals surface area contributed by atoms with E-state index < -0.39 is 58.0 Å². The van der Waals surface area contributed by atoms with Crippen LogP contribution in [0.5, 0.6) is 0 Å². The summed E-state index contributed by atoms with van der Waals surface area (Å²) in [5.41, 5.74) is 0.275. The Morgan fingerprint density at radius 2 is 1.46 bits per heavy atom. The predicted octanol–water partition coefficient (Wildman–Crippen LogP) is 1.79. The second-order valence-corrected chi connectivity index (χ2v) is 14.6. The minimum atomic E-state index is -4.15. The predicted molar refractivity (Wildman–Crippen MR) is 184 cm³/mol. The molecule has 0 bridgehead atoms. The molecule has 1 atom stereocenters. The molecule has 0 aromatic heterocycles. The van der Waals surface area contributed by atoms with Gasteiger partial charge in [0.15, 0.2) is 0 Å². The number of ether oxygens (including phenoxy) is 4. The van der Waals surface area contributed by atoms with Crippen LogP contribution in [-0.4, -0.2) is 130 Å². The molecule has 2 saturated heterocycles. The van der Waals surface area contributed by atoms with Crippen molar-refractivity contribution in [3.63, 3.8) is 0 Å². The second kappa shape index (κ2) is 15.9. The van der Waals surface area contributed by atoms with Crippen molar-refractivity contribution >= 4 is 33.6 Å². The number of amides is 1. The molecule has 1 amide bonds. The van der Waals surface area contributed by atoms with Gasteiger partial charge in [0.2, 0.25) is 0 Å². The molecule has 4 heterocycles. The number of para-hydroxylation sites is 1. The average molecular weight is 740 g/mol. The van der Waals surface area contributed by atoms with E-state index in [1.807, 2.05) is 0 Å². The number of rotatable bonds is 12. The van der Waals surface area contributed by atoms with E-state index in [4.69, 9.17) is 18.9 Å². The molecule has 6 rings (SSSR count). The first kappa shape index (κ1) is 37.1. The molecular weight excluding hydrogens is 698 g/mol. The lowest BCUT2D eigenvalue weighted by Gasteiger charge is -2.35. The summed E-state index contributed by atoms with van der Waals surface area (Å²) >= 11 is 0. The highest BCUT2D eigenvalue weighted by Gasteiger charge is 2.43. The summed E-state index contributed by atoms with van der Waals surface area (Å²) in [6.07, 6.45) is -0.595. The SMILES string of the molecule is CC1=C(C(=O)OCCN2C(=O)c3ccccc3S2(=O)=O)C(c2ccccc2[N+](=O)[O-])C(C(=O)OC(CN2CCOCC2)CN2CCOCC2)=C(C)N1. The Labute approximate surface area is 301 Å². The number of hydrogen-bond donors (Lipinski definition) is 1. The van der Waals surface area contributed by atoms with Gasteiger partial charge in [-0.05, 0) is 26.0 Å². The molecular formula is C35H41N5O11S. The van der Waals surface area contributed by atoms with Gasteiger partial charge >= 0.3 is 11.9 Å². The summed E-state index contributed by atoms with van der Waals surface area (Å²) in [5, 5.41) is 15.4. The molecule has 16 nitrogen and oxygen atoms in total. The highest BCUT2D eigenvalue weighted by molar-refractivity contribution is 7.90. The summed E-state index contributed by atoms with van der Waals surface area (Å²) in [5.74, 6) is -3.74. The fraction of sp³-hybridized carbons (Fsp3) is 0.457. The molecule has 52 heavy (non-hydrogen) atoms. The smallest absolute Gasteiger partial charge is 0.337 e. The van der Waals surface area contributed by atoms with Crippen LogP contribution < -0.4 is 5.32 Å². The van der Waals surface area contributed by atoms with Gasteiger partial charge in [-0.1, -0.05) is 30.3 Å². The summed E-state index contributed by atoms with van der Waals surface area (Å²) in [6.45, 7) is 7.91. The third-order valence-electron chi connectivity index (χ3n) is 9.49. The second-order valence-electron chi connectivity index (χ2n) is 12.8. The number of nitro groups is 1. The number of sulfonamides is 1. The third-order valence-corrected chi connectivity index (χ3v) is 11.3. The third kappa shape index (κ3) is 7.73. The maximum Gasteiger partial charge on any atom is 0.337 e. The monoisotopic (exact) mass is 739 g/mol. The van der Waals surface area contributed by atoms with Crippen molar-refractivity contribution in [2.75, 3.05) is 78.8 Å². The molecule has 0 radical (unpaired) electrons. The Morgan fingerprint density at radius 3 is 2.06 bits per heavy atom. The first-order valence-electron chi connectivity index (χ1n) is 17.0. The number of nitrogens with zero attached hydrogens (tertiary/aromatic N) is 4.